The summed E-state index contributed by atoms with van der Waals surface area (Å²) in [6.07, 6.45) is 3.34. The maximum absolute atomic E-state index is 13.3. The zero-order chi connectivity index (χ0) is 14.1. The van der Waals surface area contributed by atoms with Gasteiger partial charge in [-0.3, -0.25) is 0 Å². The van der Waals surface area contributed by atoms with Crippen LogP contribution < -0.4 is 5.73 Å². The minimum absolute atomic E-state index is 0.321. The third kappa shape index (κ3) is 2.42. The number of nitrogens with zero attached hydrogens (tertiary/aromatic N) is 3. The van der Waals surface area contributed by atoms with E-state index >= 15 is 0 Å². The average molecular weight is 333 g/mol. The molecule has 2 N–H and O–H groups in total. The summed E-state index contributed by atoms with van der Waals surface area (Å²) in [4.78, 5) is 4.24. The minimum Gasteiger partial charge on any atom is -0.396 e. The quantitative estimate of drug-likeness (QED) is 0.782. The van der Waals surface area contributed by atoms with E-state index in [0.717, 1.165) is 4.47 Å². The molecular weight excluding hydrogens is 323 g/mol. The summed E-state index contributed by atoms with van der Waals surface area (Å²) in [6.45, 7) is 0. The van der Waals surface area contributed by atoms with E-state index in [4.69, 9.17) is 5.73 Å². The molecule has 2 aromatic heterocycles. The highest BCUT2D eigenvalue weighted by Gasteiger charge is 2.10. The van der Waals surface area contributed by atoms with Gasteiger partial charge in [-0.1, -0.05) is 12.1 Å². The SMILES string of the molecule is Nc1cn(-c2ccc(Br)cn2)nc1-c1cccc(F)c1. The highest BCUT2D eigenvalue weighted by Crippen LogP contribution is 2.25. The predicted octanol–water partition coefficient (Wildman–Crippen LogP) is 3.42. The fourth-order valence-corrected chi connectivity index (χ4v) is 2.10. The van der Waals surface area contributed by atoms with Gasteiger partial charge in [-0.25, -0.2) is 14.1 Å². The summed E-state index contributed by atoms with van der Waals surface area (Å²) in [7, 11) is 0. The van der Waals surface area contributed by atoms with Gasteiger partial charge in [0.15, 0.2) is 5.82 Å². The second-order valence-corrected chi connectivity index (χ2v) is 5.14. The topological polar surface area (TPSA) is 56.7 Å². The summed E-state index contributed by atoms with van der Waals surface area (Å²) < 4.78 is 15.7. The van der Waals surface area contributed by atoms with Crippen LogP contribution in [-0.4, -0.2) is 14.8 Å². The lowest BCUT2D eigenvalue weighted by Crippen LogP contribution is -1.97. The number of halogens is 2. The maximum Gasteiger partial charge on any atom is 0.153 e. The Morgan fingerprint density at radius 2 is 2.05 bits per heavy atom. The van der Waals surface area contributed by atoms with Crippen molar-refractivity contribution >= 4 is 21.6 Å². The Morgan fingerprint density at radius 3 is 2.75 bits per heavy atom. The molecule has 0 saturated carbocycles. The van der Waals surface area contributed by atoms with Gasteiger partial charge in [0.2, 0.25) is 0 Å². The second-order valence-electron chi connectivity index (χ2n) is 4.22. The summed E-state index contributed by atoms with van der Waals surface area (Å²) >= 11 is 3.32. The molecule has 0 radical (unpaired) electrons. The smallest absolute Gasteiger partial charge is 0.153 e. The van der Waals surface area contributed by atoms with Gasteiger partial charge < -0.3 is 5.73 Å². The Bertz CT molecular complexity index is 752. The molecule has 2 heterocycles. The molecule has 20 heavy (non-hydrogen) atoms. The Morgan fingerprint density at radius 1 is 1.20 bits per heavy atom. The van der Waals surface area contributed by atoms with E-state index in [1.54, 1.807) is 29.2 Å². The lowest BCUT2D eigenvalue weighted by molar-refractivity contribution is 0.628. The van der Waals surface area contributed by atoms with Gasteiger partial charge in [0, 0.05) is 16.2 Å². The molecule has 6 heteroatoms. The van der Waals surface area contributed by atoms with Gasteiger partial charge in [-0.05, 0) is 40.2 Å². The molecule has 0 aliphatic rings. The monoisotopic (exact) mass is 332 g/mol. The van der Waals surface area contributed by atoms with Gasteiger partial charge in [0.25, 0.3) is 0 Å². The van der Waals surface area contributed by atoms with Crippen molar-refractivity contribution in [3.8, 4) is 17.1 Å². The zero-order valence-corrected chi connectivity index (χ0v) is 11.9. The largest absolute Gasteiger partial charge is 0.396 e. The number of pyridine rings is 1. The molecule has 1 aromatic carbocycles. The molecule has 0 aliphatic carbocycles. The highest BCUT2D eigenvalue weighted by molar-refractivity contribution is 9.10. The average Bonchev–Trinajstić information content (AvgIpc) is 2.82. The lowest BCUT2D eigenvalue weighted by Gasteiger charge is -2.00. The third-order valence-electron chi connectivity index (χ3n) is 2.79. The van der Waals surface area contributed by atoms with Crippen LogP contribution in [0.25, 0.3) is 17.1 Å². The van der Waals surface area contributed by atoms with Crippen LogP contribution >= 0.6 is 15.9 Å². The highest BCUT2D eigenvalue weighted by atomic mass is 79.9. The molecule has 0 atom stereocenters. The lowest BCUT2D eigenvalue weighted by atomic mass is 10.1. The number of hydrogen-bond acceptors (Lipinski definition) is 3. The van der Waals surface area contributed by atoms with Crippen molar-refractivity contribution in [2.24, 2.45) is 0 Å². The molecule has 0 saturated heterocycles. The number of aromatic nitrogens is 3. The first-order chi connectivity index (χ1) is 9.63. The summed E-state index contributed by atoms with van der Waals surface area (Å²) in [6, 6.07) is 9.85. The summed E-state index contributed by atoms with van der Waals surface area (Å²) in [5, 5.41) is 4.37. The van der Waals surface area contributed by atoms with Crippen molar-refractivity contribution < 1.29 is 4.39 Å². The molecule has 0 aliphatic heterocycles. The molecule has 0 unspecified atom stereocenters. The van der Waals surface area contributed by atoms with E-state index in [0.29, 0.717) is 22.8 Å². The molecule has 0 fully saturated rings. The van der Waals surface area contributed by atoms with Crippen molar-refractivity contribution in [2.75, 3.05) is 5.73 Å². The Hall–Kier alpha value is -2.21. The predicted molar refractivity (Wildman–Crippen MR) is 78.9 cm³/mol. The van der Waals surface area contributed by atoms with Crippen LogP contribution in [0.1, 0.15) is 0 Å². The normalized spacial score (nSPS) is 10.7. The minimum atomic E-state index is -0.321. The van der Waals surface area contributed by atoms with Crippen LogP contribution in [0.15, 0.2) is 53.3 Å². The number of benzene rings is 1. The number of rotatable bonds is 2. The molecule has 100 valence electrons. The fourth-order valence-electron chi connectivity index (χ4n) is 1.87. The molecule has 0 bridgehead atoms. The number of hydrogen-bond donors (Lipinski definition) is 1. The van der Waals surface area contributed by atoms with Crippen molar-refractivity contribution in [3.63, 3.8) is 0 Å². The number of anilines is 1. The van der Waals surface area contributed by atoms with E-state index in [1.165, 1.54) is 12.1 Å². The molecule has 3 aromatic rings. The van der Waals surface area contributed by atoms with Crippen LogP contribution in [0.5, 0.6) is 0 Å². The van der Waals surface area contributed by atoms with Crippen LogP contribution in [0.2, 0.25) is 0 Å². The molecular formula is C14H10BrFN4. The van der Waals surface area contributed by atoms with E-state index in [2.05, 4.69) is 26.0 Å². The first-order valence-corrected chi connectivity index (χ1v) is 6.66. The van der Waals surface area contributed by atoms with Crippen LogP contribution in [0, 0.1) is 5.82 Å². The first-order valence-electron chi connectivity index (χ1n) is 5.86. The third-order valence-corrected chi connectivity index (χ3v) is 3.26. The van der Waals surface area contributed by atoms with E-state index in [-0.39, 0.29) is 5.82 Å². The number of nitrogens with two attached hydrogens (primary N) is 1. The van der Waals surface area contributed by atoms with Gasteiger partial charge in [0.05, 0.1) is 11.9 Å². The van der Waals surface area contributed by atoms with Crippen LogP contribution in [-0.2, 0) is 0 Å². The first kappa shape index (κ1) is 12.8. The van der Waals surface area contributed by atoms with Crippen molar-refractivity contribution in [1.82, 2.24) is 14.8 Å². The van der Waals surface area contributed by atoms with E-state index in [9.17, 15) is 4.39 Å². The standard InChI is InChI=1S/C14H10BrFN4/c15-10-4-5-13(18-7-10)20-8-12(17)14(19-20)9-2-1-3-11(16)6-9/h1-8H,17H2. The molecule has 0 amide bonds. The van der Waals surface area contributed by atoms with Crippen molar-refractivity contribution in [2.45, 2.75) is 0 Å². The van der Waals surface area contributed by atoms with Gasteiger partial charge in [0.1, 0.15) is 11.5 Å². The molecule has 3 rings (SSSR count). The zero-order valence-electron chi connectivity index (χ0n) is 10.3. The fraction of sp³-hybridized carbons (Fsp3) is 0. The van der Waals surface area contributed by atoms with Crippen LogP contribution in [0.4, 0.5) is 10.1 Å². The maximum atomic E-state index is 13.3. The van der Waals surface area contributed by atoms with Gasteiger partial charge in [-0.2, -0.15) is 5.10 Å². The van der Waals surface area contributed by atoms with Crippen molar-refractivity contribution in [1.29, 1.82) is 0 Å². The van der Waals surface area contributed by atoms with Crippen LogP contribution in [0.3, 0.4) is 0 Å². The summed E-state index contributed by atoms with van der Waals surface area (Å²) in [5.74, 6) is 0.320. The molecule has 0 spiro atoms. The van der Waals surface area contributed by atoms with E-state index in [1.807, 2.05) is 12.1 Å². The second kappa shape index (κ2) is 5.05. The van der Waals surface area contributed by atoms with Gasteiger partial charge in [-0.15, -0.1) is 0 Å². The van der Waals surface area contributed by atoms with E-state index < -0.39 is 0 Å². The van der Waals surface area contributed by atoms with Crippen molar-refractivity contribution in [3.05, 3.63) is 59.1 Å². The Balaban J connectivity index is 2.05. The number of nitrogen functional groups attached to an aromatic ring is 1. The van der Waals surface area contributed by atoms with Gasteiger partial charge >= 0.3 is 0 Å². The molecule has 4 nitrogen and oxygen atoms in total. The summed E-state index contributed by atoms with van der Waals surface area (Å²) in [5.41, 5.74) is 7.59. The Labute approximate surface area is 123 Å². The Kier molecular flexibility index (Phi) is 3.23.